The number of benzene rings is 1. The lowest BCUT2D eigenvalue weighted by Crippen LogP contribution is -2.11. The Hall–Kier alpha value is -1.60. The molecule has 0 aliphatic rings. The zero-order valence-electron chi connectivity index (χ0n) is 8.38. The van der Waals surface area contributed by atoms with Gasteiger partial charge in [0.05, 0.1) is 17.1 Å². The van der Waals surface area contributed by atoms with Gasteiger partial charge in [-0.1, -0.05) is 0 Å². The Morgan fingerprint density at radius 2 is 1.88 bits per heavy atom. The zero-order valence-corrected chi connectivity index (χ0v) is 9.20. The van der Waals surface area contributed by atoms with Crippen molar-refractivity contribution in [1.29, 1.82) is 0 Å². The number of carboxylic acids is 1. The van der Waals surface area contributed by atoms with Crippen LogP contribution in [0.1, 0.15) is 6.42 Å². The van der Waals surface area contributed by atoms with Crippen molar-refractivity contribution in [3.8, 4) is 0 Å². The van der Waals surface area contributed by atoms with Crippen LogP contribution in [-0.4, -0.2) is 25.2 Å². The van der Waals surface area contributed by atoms with E-state index in [0.29, 0.717) is 5.69 Å². The van der Waals surface area contributed by atoms with E-state index < -0.39 is 28.0 Å². The molecule has 0 saturated carbocycles. The van der Waals surface area contributed by atoms with Gasteiger partial charge in [-0.2, -0.15) is 0 Å². The van der Waals surface area contributed by atoms with Crippen molar-refractivity contribution in [1.82, 2.24) is 0 Å². The van der Waals surface area contributed by atoms with Crippen molar-refractivity contribution >= 4 is 21.5 Å². The number of hydrogen-bond acceptors (Lipinski definition) is 5. The molecule has 16 heavy (non-hydrogen) atoms. The Morgan fingerprint density at radius 1 is 1.31 bits per heavy atom. The standard InChI is InChI=1S/C9H12N2O4S/c10-11-7-1-3-8(4-2-7)16(14,15)6-5-9(12)13/h1-4,11H,5-6,10H2,(H,12,13). The lowest BCUT2D eigenvalue weighted by Gasteiger charge is -2.04. The topological polar surface area (TPSA) is 109 Å². The Morgan fingerprint density at radius 3 is 2.31 bits per heavy atom. The summed E-state index contributed by atoms with van der Waals surface area (Å²) in [5, 5.41) is 8.41. The SMILES string of the molecule is NNc1ccc(S(=O)(=O)CCC(=O)O)cc1. The number of nitrogens with two attached hydrogens (primary N) is 1. The van der Waals surface area contributed by atoms with Gasteiger partial charge in [-0.3, -0.25) is 10.6 Å². The number of hydrogen-bond donors (Lipinski definition) is 3. The maximum Gasteiger partial charge on any atom is 0.304 e. The Labute approximate surface area is 93.0 Å². The minimum atomic E-state index is -3.53. The molecule has 0 aromatic heterocycles. The summed E-state index contributed by atoms with van der Waals surface area (Å²) in [7, 11) is -3.53. The summed E-state index contributed by atoms with van der Waals surface area (Å²) in [4.78, 5) is 10.4. The van der Waals surface area contributed by atoms with Crippen LogP contribution in [0.4, 0.5) is 5.69 Å². The lowest BCUT2D eigenvalue weighted by molar-refractivity contribution is -0.136. The van der Waals surface area contributed by atoms with Crippen LogP contribution >= 0.6 is 0 Å². The fourth-order valence-electron chi connectivity index (χ4n) is 1.10. The third kappa shape index (κ3) is 3.21. The molecule has 0 aliphatic heterocycles. The third-order valence-corrected chi connectivity index (χ3v) is 3.70. The van der Waals surface area contributed by atoms with Gasteiger partial charge in [0.2, 0.25) is 0 Å². The van der Waals surface area contributed by atoms with E-state index in [1.807, 2.05) is 0 Å². The fraction of sp³-hybridized carbons (Fsp3) is 0.222. The average molecular weight is 244 g/mol. The van der Waals surface area contributed by atoms with Crippen LogP contribution < -0.4 is 11.3 Å². The molecule has 88 valence electrons. The van der Waals surface area contributed by atoms with Crippen molar-refractivity contribution in [3.05, 3.63) is 24.3 Å². The molecule has 1 aromatic rings. The highest BCUT2D eigenvalue weighted by molar-refractivity contribution is 7.91. The van der Waals surface area contributed by atoms with Gasteiger partial charge in [0.25, 0.3) is 0 Å². The molecule has 6 nitrogen and oxygen atoms in total. The summed E-state index contributed by atoms with van der Waals surface area (Å²) < 4.78 is 23.2. The Bertz CT molecular complexity index is 467. The first kappa shape index (κ1) is 12.5. The monoisotopic (exact) mass is 244 g/mol. The molecule has 1 aromatic carbocycles. The number of nitrogen functional groups attached to an aromatic ring is 1. The average Bonchev–Trinajstić information content (AvgIpc) is 2.27. The molecular weight excluding hydrogens is 232 g/mol. The molecule has 1 rings (SSSR count). The van der Waals surface area contributed by atoms with E-state index in [4.69, 9.17) is 10.9 Å². The maximum absolute atomic E-state index is 11.6. The molecule has 0 bridgehead atoms. The van der Waals surface area contributed by atoms with Crippen molar-refractivity contribution in [2.45, 2.75) is 11.3 Å². The Balaban J connectivity index is 2.85. The van der Waals surface area contributed by atoms with Crippen LogP contribution in [0, 0.1) is 0 Å². The summed E-state index contributed by atoms with van der Waals surface area (Å²) in [5.74, 6) is 3.59. The first-order valence-corrected chi connectivity index (χ1v) is 6.12. The van der Waals surface area contributed by atoms with Crippen molar-refractivity contribution in [2.24, 2.45) is 5.84 Å². The summed E-state index contributed by atoms with van der Waals surface area (Å²) in [6, 6.07) is 5.78. The number of aliphatic carboxylic acids is 1. The van der Waals surface area contributed by atoms with E-state index in [1.54, 1.807) is 0 Å². The van der Waals surface area contributed by atoms with Gasteiger partial charge < -0.3 is 10.5 Å². The van der Waals surface area contributed by atoms with Gasteiger partial charge in [-0.15, -0.1) is 0 Å². The number of hydrazine groups is 1. The van der Waals surface area contributed by atoms with Crippen molar-refractivity contribution in [2.75, 3.05) is 11.2 Å². The van der Waals surface area contributed by atoms with E-state index in [2.05, 4.69) is 5.43 Å². The van der Waals surface area contributed by atoms with E-state index in [9.17, 15) is 13.2 Å². The molecule has 7 heteroatoms. The summed E-state index contributed by atoms with van der Waals surface area (Å²) >= 11 is 0. The first-order valence-electron chi connectivity index (χ1n) is 4.47. The number of nitrogens with one attached hydrogen (secondary N) is 1. The number of rotatable bonds is 5. The fourth-order valence-corrected chi connectivity index (χ4v) is 2.33. The predicted octanol–water partition coefficient (Wildman–Crippen LogP) is 0.221. The smallest absolute Gasteiger partial charge is 0.304 e. The summed E-state index contributed by atoms with van der Waals surface area (Å²) in [5.41, 5.74) is 2.95. The van der Waals surface area contributed by atoms with Crippen LogP contribution in [0.25, 0.3) is 0 Å². The van der Waals surface area contributed by atoms with Gasteiger partial charge in [0, 0.05) is 5.69 Å². The van der Waals surface area contributed by atoms with Crippen molar-refractivity contribution in [3.63, 3.8) is 0 Å². The van der Waals surface area contributed by atoms with E-state index in [0.717, 1.165) is 0 Å². The molecule has 0 aliphatic carbocycles. The molecule has 0 saturated heterocycles. The Kier molecular flexibility index (Phi) is 3.86. The molecule has 0 amide bonds. The third-order valence-electron chi connectivity index (χ3n) is 1.96. The maximum atomic E-state index is 11.6. The number of carbonyl (C=O) groups is 1. The van der Waals surface area contributed by atoms with Crippen LogP contribution in [0.3, 0.4) is 0 Å². The van der Waals surface area contributed by atoms with E-state index >= 15 is 0 Å². The predicted molar refractivity (Wildman–Crippen MR) is 58.6 cm³/mol. The molecule has 4 N–H and O–H groups in total. The molecular formula is C9H12N2O4S. The van der Waals surface area contributed by atoms with E-state index in [-0.39, 0.29) is 4.90 Å². The highest BCUT2D eigenvalue weighted by atomic mass is 32.2. The van der Waals surface area contributed by atoms with Crippen LogP contribution in [0.2, 0.25) is 0 Å². The summed E-state index contributed by atoms with van der Waals surface area (Å²) in [6.45, 7) is 0. The normalized spacial score (nSPS) is 11.1. The largest absolute Gasteiger partial charge is 0.481 e. The van der Waals surface area contributed by atoms with Crippen LogP contribution in [0.15, 0.2) is 29.2 Å². The second-order valence-corrected chi connectivity index (χ2v) is 5.24. The highest BCUT2D eigenvalue weighted by Crippen LogP contribution is 2.15. The molecule has 0 fully saturated rings. The molecule has 0 atom stereocenters. The molecule has 0 heterocycles. The zero-order chi connectivity index (χ0) is 12.2. The van der Waals surface area contributed by atoms with Gasteiger partial charge in [-0.05, 0) is 24.3 Å². The quantitative estimate of drug-likeness (QED) is 0.505. The minimum absolute atomic E-state index is 0.0905. The summed E-state index contributed by atoms with van der Waals surface area (Å²) in [6.07, 6.45) is -0.404. The number of sulfone groups is 1. The molecule has 0 radical (unpaired) electrons. The van der Waals surface area contributed by atoms with Crippen LogP contribution in [0.5, 0.6) is 0 Å². The van der Waals surface area contributed by atoms with Crippen molar-refractivity contribution < 1.29 is 18.3 Å². The van der Waals surface area contributed by atoms with Gasteiger partial charge in [-0.25, -0.2) is 8.42 Å². The molecule has 0 spiro atoms. The number of anilines is 1. The first-order chi connectivity index (χ1) is 7.45. The van der Waals surface area contributed by atoms with Gasteiger partial charge >= 0.3 is 5.97 Å². The van der Waals surface area contributed by atoms with Crippen LogP contribution in [-0.2, 0) is 14.6 Å². The second-order valence-electron chi connectivity index (χ2n) is 3.13. The van der Waals surface area contributed by atoms with E-state index in [1.165, 1.54) is 24.3 Å². The highest BCUT2D eigenvalue weighted by Gasteiger charge is 2.15. The lowest BCUT2D eigenvalue weighted by atomic mass is 10.3. The minimum Gasteiger partial charge on any atom is -0.481 e. The second kappa shape index (κ2) is 4.95. The number of carboxylic acid groups (broad SMARTS) is 1. The molecule has 0 unspecified atom stereocenters. The van der Waals surface area contributed by atoms with Gasteiger partial charge in [0.1, 0.15) is 0 Å². The van der Waals surface area contributed by atoms with Gasteiger partial charge in [0.15, 0.2) is 9.84 Å².